The highest BCUT2D eigenvalue weighted by molar-refractivity contribution is 5.68. The topological polar surface area (TPSA) is 64.8 Å². The van der Waals surface area contributed by atoms with Crippen LogP contribution < -0.4 is 10.5 Å². The minimum atomic E-state index is -0.464. The van der Waals surface area contributed by atoms with Gasteiger partial charge in [-0.1, -0.05) is 41.0 Å². The summed E-state index contributed by atoms with van der Waals surface area (Å²) in [4.78, 5) is 14.1. The summed E-state index contributed by atoms with van der Waals surface area (Å²) < 4.78 is 11.9. The quantitative estimate of drug-likeness (QED) is 0.553. The number of rotatable bonds is 5. The Morgan fingerprint density at radius 1 is 1.07 bits per heavy atom. The minimum absolute atomic E-state index is 0.218. The molecule has 2 N–H and O–H groups in total. The molecule has 1 amide bonds. The molecule has 1 aliphatic heterocycles. The van der Waals surface area contributed by atoms with Crippen LogP contribution in [0.2, 0.25) is 0 Å². The standard InChI is InChI=1S/C20H32N2O3.2C2H6/c1-5-6-11-20(24-17-9-7-16(21)8-10-17)12-14-22(15-13-20)18(23)25-19(2,3)4;2*1-2/h7-10H,5-6,11-15,21H2,1-4H3;2*1-2H3. The molecule has 1 heterocycles. The smallest absolute Gasteiger partial charge is 0.410 e. The molecule has 0 atom stereocenters. The molecule has 5 heteroatoms. The number of unbranched alkanes of at least 4 members (excludes halogenated alkanes) is 1. The van der Waals surface area contributed by atoms with E-state index >= 15 is 0 Å². The van der Waals surface area contributed by atoms with E-state index in [1.807, 2.05) is 72.7 Å². The van der Waals surface area contributed by atoms with Crippen LogP contribution in [0.1, 0.15) is 87.5 Å². The maximum absolute atomic E-state index is 12.3. The Balaban J connectivity index is 0.00000184. The van der Waals surface area contributed by atoms with Crippen LogP contribution in [0.5, 0.6) is 5.75 Å². The molecule has 0 aliphatic carbocycles. The summed E-state index contributed by atoms with van der Waals surface area (Å²) in [6.07, 6.45) is 4.64. The van der Waals surface area contributed by atoms with Gasteiger partial charge >= 0.3 is 6.09 Å². The second-order valence-electron chi connectivity index (χ2n) is 7.93. The zero-order chi connectivity index (χ0) is 22.5. The lowest BCUT2D eigenvalue weighted by Gasteiger charge is -2.42. The van der Waals surface area contributed by atoms with Crippen molar-refractivity contribution < 1.29 is 14.3 Å². The molecule has 0 aromatic heterocycles. The number of piperidine rings is 1. The molecule has 1 aromatic rings. The molecule has 5 nitrogen and oxygen atoms in total. The number of hydrogen-bond donors (Lipinski definition) is 1. The van der Waals surface area contributed by atoms with Crippen molar-refractivity contribution in [2.75, 3.05) is 18.8 Å². The van der Waals surface area contributed by atoms with Crippen molar-refractivity contribution in [2.24, 2.45) is 0 Å². The highest BCUT2D eigenvalue weighted by atomic mass is 16.6. The molecule has 0 unspecified atom stereocenters. The number of carbonyl (C=O) groups is 1. The maximum atomic E-state index is 12.3. The largest absolute Gasteiger partial charge is 0.487 e. The van der Waals surface area contributed by atoms with Crippen LogP contribution in [0, 0.1) is 0 Å². The zero-order valence-electron chi connectivity index (χ0n) is 20.0. The summed E-state index contributed by atoms with van der Waals surface area (Å²) in [5, 5.41) is 0. The van der Waals surface area contributed by atoms with Crippen molar-refractivity contribution in [1.82, 2.24) is 4.90 Å². The first-order valence-electron chi connectivity index (χ1n) is 11.3. The normalized spacial score (nSPS) is 15.2. The SMILES string of the molecule is CC.CC.CCCCC1(Oc2ccc(N)cc2)CCN(C(=O)OC(C)(C)C)CC1. The van der Waals surface area contributed by atoms with Gasteiger partial charge in [0.1, 0.15) is 17.0 Å². The van der Waals surface area contributed by atoms with E-state index < -0.39 is 5.60 Å². The van der Waals surface area contributed by atoms with E-state index in [1.165, 1.54) is 0 Å². The van der Waals surface area contributed by atoms with E-state index in [0.29, 0.717) is 13.1 Å². The third kappa shape index (κ3) is 9.91. The summed E-state index contributed by atoms with van der Waals surface area (Å²) in [5.74, 6) is 0.844. The number of ether oxygens (including phenoxy) is 2. The summed E-state index contributed by atoms with van der Waals surface area (Å²) in [7, 11) is 0. The van der Waals surface area contributed by atoms with E-state index in [1.54, 1.807) is 4.90 Å². The number of amides is 1. The van der Waals surface area contributed by atoms with E-state index in [0.717, 1.165) is 43.5 Å². The van der Waals surface area contributed by atoms with Gasteiger partial charge in [0.2, 0.25) is 0 Å². The fraction of sp³-hybridized carbons (Fsp3) is 0.708. The highest BCUT2D eigenvalue weighted by Crippen LogP contribution is 2.34. The fourth-order valence-corrected chi connectivity index (χ4v) is 3.11. The maximum Gasteiger partial charge on any atom is 0.410 e. The molecule has 0 radical (unpaired) electrons. The van der Waals surface area contributed by atoms with Crippen LogP contribution in [0.4, 0.5) is 10.5 Å². The molecule has 1 aromatic carbocycles. The molecule has 29 heavy (non-hydrogen) atoms. The lowest BCUT2D eigenvalue weighted by atomic mass is 9.86. The van der Waals surface area contributed by atoms with Crippen molar-refractivity contribution >= 4 is 11.8 Å². The van der Waals surface area contributed by atoms with Crippen molar-refractivity contribution in [3.63, 3.8) is 0 Å². The first kappa shape index (κ1) is 27.1. The number of nitrogen functional groups attached to an aromatic ring is 1. The molecule has 1 aliphatic rings. The summed E-state index contributed by atoms with van der Waals surface area (Å²) >= 11 is 0. The lowest BCUT2D eigenvalue weighted by molar-refractivity contribution is -0.0225. The number of hydrogen-bond acceptors (Lipinski definition) is 4. The second kappa shape index (κ2) is 13.3. The number of likely N-dealkylation sites (tertiary alicyclic amines) is 1. The molecule has 2 rings (SSSR count). The van der Waals surface area contributed by atoms with Crippen molar-refractivity contribution in [3.8, 4) is 5.75 Å². The van der Waals surface area contributed by atoms with Gasteiger partial charge in [0.05, 0.1) is 0 Å². The summed E-state index contributed by atoms with van der Waals surface area (Å²) in [5.41, 5.74) is 5.81. The van der Waals surface area contributed by atoms with Crippen LogP contribution in [0.25, 0.3) is 0 Å². The number of nitrogens with two attached hydrogens (primary N) is 1. The number of nitrogens with zero attached hydrogens (tertiary/aromatic N) is 1. The Morgan fingerprint density at radius 3 is 2.03 bits per heavy atom. The highest BCUT2D eigenvalue weighted by Gasteiger charge is 2.38. The fourth-order valence-electron chi connectivity index (χ4n) is 3.11. The first-order valence-corrected chi connectivity index (χ1v) is 11.3. The molecular formula is C24H44N2O3. The van der Waals surface area contributed by atoms with Crippen molar-refractivity contribution in [1.29, 1.82) is 0 Å². The van der Waals surface area contributed by atoms with Gasteiger partial charge in [-0.15, -0.1) is 0 Å². The van der Waals surface area contributed by atoms with E-state index in [4.69, 9.17) is 15.2 Å². The lowest BCUT2D eigenvalue weighted by Crippen LogP contribution is -2.50. The van der Waals surface area contributed by atoms with Gasteiger partial charge in [0, 0.05) is 31.6 Å². The number of anilines is 1. The Morgan fingerprint density at radius 2 is 1.59 bits per heavy atom. The van der Waals surface area contributed by atoms with Crippen LogP contribution >= 0.6 is 0 Å². The predicted molar refractivity (Wildman–Crippen MR) is 123 cm³/mol. The van der Waals surface area contributed by atoms with Crippen LogP contribution in [-0.2, 0) is 4.74 Å². The Hall–Kier alpha value is -1.91. The van der Waals surface area contributed by atoms with Gasteiger partial charge in [-0.2, -0.15) is 0 Å². The first-order chi connectivity index (χ1) is 13.7. The average Bonchev–Trinajstić information content (AvgIpc) is 2.70. The summed E-state index contributed by atoms with van der Waals surface area (Å²) in [6.45, 7) is 17.2. The van der Waals surface area contributed by atoms with E-state index in [9.17, 15) is 4.79 Å². The Labute approximate surface area is 178 Å². The monoisotopic (exact) mass is 408 g/mol. The second-order valence-corrected chi connectivity index (χ2v) is 7.93. The molecule has 0 bridgehead atoms. The van der Waals surface area contributed by atoms with Crippen molar-refractivity contribution in [3.05, 3.63) is 24.3 Å². The van der Waals surface area contributed by atoms with Gasteiger partial charge < -0.3 is 20.1 Å². The van der Waals surface area contributed by atoms with Crippen LogP contribution in [0.15, 0.2) is 24.3 Å². The molecular weight excluding hydrogens is 364 g/mol. The van der Waals surface area contributed by atoms with Gasteiger partial charge in [0.25, 0.3) is 0 Å². The zero-order valence-corrected chi connectivity index (χ0v) is 20.0. The minimum Gasteiger partial charge on any atom is -0.487 e. The number of carbonyl (C=O) groups excluding carboxylic acids is 1. The van der Waals surface area contributed by atoms with E-state index in [-0.39, 0.29) is 11.7 Å². The number of benzene rings is 1. The predicted octanol–water partition coefficient (Wildman–Crippen LogP) is 6.66. The van der Waals surface area contributed by atoms with E-state index in [2.05, 4.69) is 6.92 Å². The Bertz CT molecular complexity index is 556. The van der Waals surface area contributed by atoms with Gasteiger partial charge in [-0.3, -0.25) is 0 Å². The third-order valence-electron chi connectivity index (χ3n) is 4.53. The van der Waals surface area contributed by atoms with Gasteiger partial charge in [-0.25, -0.2) is 4.79 Å². The molecule has 168 valence electrons. The van der Waals surface area contributed by atoms with Gasteiger partial charge in [-0.05, 0) is 57.9 Å². The van der Waals surface area contributed by atoms with Crippen LogP contribution in [-0.4, -0.2) is 35.3 Å². The Kier molecular flexibility index (Phi) is 12.5. The molecule has 1 fully saturated rings. The van der Waals surface area contributed by atoms with Gasteiger partial charge in [0.15, 0.2) is 0 Å². The average molecular weight is 409 g/mol. The van der Waals surface area contributed by atoms with Crippen LogP contribution in [0.3, 0.4) is 0 Å². The van der Waals surface area contributed by atoms with Crippen molar-refractivity contribution in [2.45, 2.75) is 98.7 Å². The summed E-state index contributed by atoms with van der Waals surface area (Å²) in [6, 6.07) is 7.56. The third-order valence-corrected chi connectivity index (χ3v) is 4.53. The molecule has 0 spiro atoms. The molecule has 0 saturated carbocycles. The molecule has 1 saturated heterocycles.